The van der Waals surface area contributed by atoms with Gasteiger partial charge >= 0.3 is 0 Å². The van der Waals surface area contributed by atoms with Gasteiger partial charge in [-0.2, -0.15) is 11.3 Å². The molecular formula is C14H15ClN2OS. The summed E-state index contributed by atoms with van der Waals surface area (Å²) in [5.74, 6) is -0.121. The van der Waals surface area contributed by atoms with Crippen molar-refractivity contribution in [1.29, 1.82) is 0 Å². The lowest BCUT2D eigenvalue weighted by Gasteiger charge is -2.11. The minimum Gasteiger partial charge on any atom is -0.385 e. The van der Waals surface area contributed by atoms with Gasteiger partial charge in [-0.25, -0.2) is 0 Å². The van der Waals surface area contributed by atoms with Crippen molar-refractivity contribution in [2.45, 2.75) is 13.5 Å². The van der Waals surface area contributed by atoms with Gasteiger partial charge in [0.15, 0.2) is 0 Å². The van der Waals surface area contributed by atoms with Crippen LogP contribution < -0.4 is 10.6 Å². The molecule has 1 aromatic carbocycles. The molecule has 0 bridgehead atoms. The van der Waals surface area contributed by atoms with Gasteiger partial charge in [-0.05, 0) is 47.5 Å². The van der Waals surface area contributed by atoms with E-state index in [9.17, 15) is 4.79 Å². The first-order chi connectivity index (χ1) is 9.20. The van der Waals surface area contributed by atoms with Crippen molar-refractivity contribution >= 4 is 34.5 Å². The molecule has 0 fully saturated rings. The predicted octanol–water partition coefficient (Wildman–Crippen LogP) is 3.76. The third-order valence-electron chi connectivity index (χ3n) is 2.63. The third kappa shape index (κ3) is 3.72. The molecule has 0 saturated heterocycles. The second kappa shape index (κ2) is 6.59. The van der Waals surface area contributed by atoms with Crippen LogP contribution in [0.25, 0.3) is 0 Å². The number of amides is 1. The van der Waals surface area contributed by atoms with E-state index in [1.165, 1.54) is 0 Å². The van der Waals surface area contributed by atoms with E-state index in [1.807, 2.05) is 29.8 Å². The summed E-state index contributed by atoms with van der Waals surface area (Å²) in [4.78, 5) is 12.2. The summed E-state index contributed by atoms with van der Waals surface area (Å²) in [6.45, 7) is 3.27. The topological polar surface area (TPSA) is 41.1 Å². The molecule has 0 aliphatic carbocycles. The van der Waals surface area contributed by atoms with Crippen molar-refractivity contribution in [3.8, 4) is 0 Å². The van der Waals surface area contributed by atoms with Gasteiger partial charge in [0.25, 0.3) is 5.91 Å². The second-order valence-electron chi connectivity index (χ2n) is 4.03. The summed E-state index contributed by atoms with van der Waals surface area (Å²) in [5, 5.41) is 10.6. The Morgan fingerprint density at radius 2 is 2.21 bits per heavy atom. The molecule has 0 saturated carbocycles. The van der Waals surface area contributed by atoms with Crippen molar-refractivity contribution in [2.24, 2.45) is 0 Å². The first-order valence-electron chi connectivity index (χ1n) is 6.03. The molecule has 0 radical (unpaired) electrons. The molecule has 3 nitrogen and oxygen atoms in total. The number of rotatable bonds is 5. The fourth-order valence-corrected chi connectivity index (χ4v) is 2.56. The van der Waals surface area contributed by atoms with E-state index in [2.05, 4.69) is 10.6 Å². The number of thiophene rings is 1. The van der Waals surface area contributed by atoms with Gasteiger partial charge in [0.1, 0.15) is 0 Å². The largest absolute Gasteiger partial charge is 0.385 e. The van der Waals surface area contributed by atoms with Crippen molar-refractivity contribution in [2.75, 3.05) is 11.9 Å². The van der Waals surface area contributed by atoms with Crippen molar-refractivity contribution in [3.63, 3.8) is 0 Å². The summed E-state index contributed by atoms with van der Waals surface area (Å²) < 4.78 is 0. The predicted molar refractivity (Wildman–Crippen MR) is 81.1 cm³/mol. The zero-order chi connectivity index (χ0) is 13.7. The Hall–Kier alpha value is -1.52. The van der Waals surface area contributed by atoms with Gasteiger partial charge in [-0.3, -0.25) is 4.79 Å². The number of hydrogen-bond acceptors (Lipinski definition) is 3. The van der Waals surface area contributed by atoms with Crippen LogP contribution in [0.5, 0.6) is 0 Å². The zero-order valence-electron chi connectivity index (χ0n) is 10.6. The molecule has 0 unspecified atom stereocenters. The molecular weight excluding hydrogens is 280 g/mol. The number of carbonyl (C=O) groups excluding carboxylic acids is 1. The highest BCUT2D eigenvalue weighted by atomic mass is 35.5. The van der Waals surface area contributed by atoms with Gasteiger partial charge in [0.05, 0.1) is 5.56 Å². The van der Waals surface area contributed by atoms with Crippen LogP contribution in [-0.4, -0.2) is 12.5 Å². The molecule has 0 aliphatic rings. The highest BCUT2D eigenvalue weighted by molar-refractivity contribution is 7.07. The van der Waals surface area contributed by atoms with Crippen LogP contribution in [0, 0.1) is 0 Å². The highest BCUT2D eigenvalue weighted by Crippen LogP contribution is 2.20. The zero-order valence-corrected chi connectivity index (χ0v) is 12.1. The molecule has 0 spiro atoms. The first-order valence-corrected chi connectivity index (χ1v) is 7.35. The van der Waals surface area contributed by atoms with E-state index >= 15 is 0 Å². The van der Waals surface area contributed by atoms with Gasteiger partial charge < -0.3 is 10.6 Å². The summed E-state index contributed by atoms with van der Waals surface area (Å²) in [6.07, 6.45) is 0. The number of hydrogen-bond donors (Lipinski definition) is 2. The Labute approximate surface area is 121 Å². The van der Waals surface area contributed by atoms with Gasteiger partial charge in [-0.15, -0.1) is 0 Å². The smallest absolute Gasteiger partial charge is 0.253 e. The maximum absolute atomic E-state index is 12.2. The summed E-state index contributed by atoms with van der Waals surface area (Å²) in [5.41, 5.74) is 2.48. The molecule has 19 heavy (non-hydrogen) atoms. The summed E-state index contributed by atoms with van der Waals surface area (Å²) in [6, 6.07) is 7.27. The van der Waals surface area contributed by atoms with Crippen LogP contribution in [0.3, 0.4) is 0 Å². The molecule has 2 rings (SSSR count). The highest BCUT2D eigenvalue weighted by Gasteiger charge is 2.11. The molecule has 1 amide bonds. The minimum atomic E-state index is -0.121. The van der Waals surface area contributed by atoms with E-state index < -0.39 is 0 Å². The first kappa shape index (κ1) is 13.9. The number of anilines is 1. The van der Waals surface area contributed by atoms with Crippen molar-refractivity contribution < 1.29 is 4.79 Å². The van der Waals surface area contributed by atoms with Gasteiger partial charge in [-0.1, -0.05) is 11.6 Å². The number of carbonyl (C=O) groups is 1. The molecule has 5 heteroatoms. The quantitative estimate of drug-likeness (QED) is 0.881. The maximum atomic E-state index is 12.2. The summed E-state index contributed by atoms with van der Waals surface area (Å²) >= 11 is 7.57. The maximum Gasteiger partial charge on any atom is 0.253 e. The van der Waals surface area contributed by atoms with E-state index in [1.54, 1.807) is 23.5 Å². The monoisotopic (exact) mass is 294 g/mol. The number of halogens is 1. The van der Waals surface area contributed by atoms with E-state index in [0.717, 1.165) is 17.8 Å². The molecule has 0 atom stereocenters. The lowest BCUT2D eigenvalue weighted by molar-refractivity contribution is 0.0951. The minimum absolute atomic E-state index is 0.121. The van der Waals surface area contributed by atoms with Crippen molar-refractivity contribution in [3.05, 3.63) is 51.2 Å². The van der Waals surface area contributed by atoms with Gasteiger partial charge in [0, 0.05) is 23.8 Å². The normalized spacial score (nSPS) is 10.2. The second-order valence-corrected chi connectivity index (χ2v) is 5.25. The van der Waals surface area contributed by atoms with Crippen LogP contribution in [0.4, 0.5) is 5.69 Å². The average Bonchev–Trinajstić information content (AvgIpc) is 2.91. The van der Waals surface area contributed by atoms with Crippen LogP contribution in [0.15, 0.2) is 35.0 Å². The lowest BCUT2D eigenvalue weighted by atomic mass is 10.1. The van der Waals surface area contributed by atoms with Crippen molar-refractivity contribution in [1.82, 2.24) is 5.32 Å². The number of nitrogens with one attached hydrogen (secondary N) is 2. The summed E-state index contributed by atoms with van der Waals surface area (Å²) in [7, 11) is 0. The van der Waals surface area contributed by atoms with Crippen LogP contribution >= 0.6 is 22.9 Å². The molecule has 1 aromatic heterocycles. The Bertz CT molecular complexity index is 555. The lowest BCUT2D eigenvalue weighted by Crippen LogP contribution is -2.23. The Balaban J connectivity index is 2.11. The molecule has 100 valence electrons. The van der Waals surface area contributed by atoms with E-state index in [-0.39, 0.29) is 5.91 Å². The van der Waals surface area contributed by atoms with E-state index in [4.69, 9.17) is 11.6 Å². The fraction of sp³-hybridized carbons (Fsp3) is 0.214. The number of benzene rings is 1. The Morgan fingerprint density at radius 3 is 2.89 bits per heavy atom. The van der Waals surface area contributed by atoms with Crippen LogP contribution in [-0.2, 0) is 6.54 Å². The van der Waals surface area contributed by atoms with Crippen LogP contribution in [0.1, 0.15) is 22.8 Å². The molecule has 1 heterocycles. The average molecular weight is 295 g/mol. The SMILES string of the molecule is CCNc1ccc(Cl)cc1C(=O)NCc1ccsc1. The third-order valence-corrected chi connectivity index (χ3v) is 3.59. The fourth-order valence-electron chi connectivity index (χ4n) is 1.72. The molecule has 2 N–H and O–H groups in total. The Morgan fingerprint density at radius 1 is 1.37 bits per heavy atom. The molecule has 2 aromatic rings. The van der Waals surface area contributed by atoms with Crippen LogP contribution in [0.2, 0.25) is 5.02 Å². The Kier molecular flexibility index (Phi) is 4.82. The molecule has 0 aliphatic heterocycles. The van der Waals surface area contributed by atoms with Gasteiger partial charge in [0.2, 0.25) is 0 Å². The standard InChI is InChI=1S/C14H15ClN2OS/c1-2-16-13-4-3-11(15)7-12(13)14(18)17-8-10-5-6-19-9-10/h3-7,9,16H,2,8H2,1H3,(H,17,18). The van der Waals surface area contributed by atoms with E-state index in [0.29, 0.717) is 17.1 Å².